The van der Waals surface area contributed by atoms with Gasteiger partial charge in [-0.2, -0.15) is 0 Å². The lowest BCUT2D eigenvalue weighted by Crippen LogP contribution is -2.49. The Morgan fingerprint density at radius 3 is 2.07 bits per heavy atom. The van der Waals surface area contributed by atoms with Gasteiger partial charge in [0.25, 0.3) is 0 Å². The van der Waals surface area contributed by atoms with E-state index in [1.807, 2.05) is 36.4 Å². The van der Waals surface area contributed by atoms with Crippen molar-refractivity contribution >= 4 is 23.2 Å². The third-order valence-electron chi connectivity index (χ3n) is 11.5. The van der Waals surface area contributed by atoms with Crippen LogP contribution in [0.3, 0.4) is 0 Å². The number of hydrogen-bond acceptors (Lipinski definition) is 8. The molecule has 0 bridgehead atoms. The second-order valence-corrected chi connectivity index (χ2v) is 16.1. The first-order valence-corrected chi connectivity index (χ1v) is 21.5. The Morgan fingerprint density at radius 1 is 0.650 bits per heavy atom. The number of nitrogen functional groups attached to an aromatic ring is 1. The summed E-state index contributed by atoms with van der Waals surface area (Å²) in [5.74, 6) is -0.0233. The number of unbranched alkanes of at least 4 members (excludes halogenated alkanes) is 3. The van der Waals surface area contributed by atoms with Gasteiger partial charge in [-0.25, -0.2) is 0 Å². The van der Waals surface area contributed by atoms with Crippen molar-refractivity contribution in [1.82, 2.24) is 15.1 Å². The minimum Gasteiger partial charge on any atom is -0.397 e. The lowest BCUT2D eigenvalue weighted by Gasteiger charge is -2.41. The Morgan fingerprint density at radius 2 is 1.32 bits per heavy atom. The molecule has 5 N–H and O–H groups in total. The Bertz CT molecular complexity index is 2120. The quantitative estimate of drug-likeness (QED) is 0.0514. The molecule has 2 saturated heterocycles. The number of nitrogens with two attached hydrogens (primary N) is 1. The molecule has 10 heteroatoms. The molecule has 10 nitrogen and oxygen atoms in total. The van der Waals surface area contributed by atoms with Crippen LogP contribution < -0.4 is 16.4 Å². The smallest absolute Gasteiger partial charge is 0.224 e. The van der Waals surface area contributed by atoms with Crippen molar-refractivity contribution in [3.63, 3.8) is 0 Å². The highest BCUT2D eigenvalue weighted by Crippen LogP contribution is 2.39. The highest BCUT2D eigenvalue weighted by atomic mass is 16.7. The van der Waals surface area contributed by atoms with Crippen LogP contribution in [-0.2, 0) is 38.8 Å². The Hall–Kier alpha value is -5.36. The molecule has 0 aromatic heterocycles. The normalized spacial score (nSPS) is 18.5. The topological polar surface area (TPSA) is 129 Å². The maximum Gasteiger partial charge on any atom is 0.224 e. The van der Waals surface area contributed by atoms with Crippen molar-refractivity contribution in [2.24, 2.45) is 0 Å². The van der Waals surface area contributed by atoms with E-state index in [4.69, 9.17) is 15.2 Å². The number of aliphatic hydroxyl groups is 1. The van der Waals surface area contributed by atoms with Crippen LogP contribution in [0.15, 0.2) is 127 Å². The standard InChI is InChI=1S/C50H59N5O5/c51-45-18-8-9-19-46(45)53-49(58)21-7-2-1-6-20-48(57)52-33-39-14-10-15-41(30-39)42-16-11-17-43(31-42)50-59-44(32-47(60-50)40-24-22-38(36-56)23-25-40)35-55-28-26-54(27-29-55)34-37-12-4-3-5-13-37/h3-5,8-19,22-25,30-31,44,47,50,56H,1-2,6-7,20-21,26-29,32-36,51H2,(H,52,57)(H,53,58). The van der Waals surface area contributed by atoms with Crippen LogP contribution in [0.4, 0.5) is 11.4 Å². The van der Waals surface area contributed by atoms with Crippen LogP contribution in [0.5, 0.6) is 0 Å². The summed E-state index contributed by atoms with van der Waals surface area (Å²) in [5.41, 5.74) is 14.5. The largest absolute Gasteiger partial charge is 0.397 e. The van der Waals surface area contributed by atoms with E-state index in [1.165, 1.54) is 5.56 Å². The van der Waals surface area contributed by atoms with E-state index in [9.17, 15) is 14.7 Å². The molecule has 7 rings (SSSR count). The predicted molar refractivity (Wildman–Crippen MR) is 237 cm³/mol. The van der Waals surface area contributed by atoms with Crippen LogP contribution in [0.1, 0.15) is 85.2 Å². The lowest BCUT2D eigenvalue weighted by molar-refractivity contribution is -0.253. The van der Waals surface area contributed by atoms with Gasteiger partial charge in [-0.1, -0.05) is 116 Å². The number of carbonyl (C=O) groups excluding carboxylic acids is 2. The molecule has 2 heterocycles. The molecule has 2 aliphatic heterocycles. The maximum atomic E-state index is 12.7. The molecule has 0 radical (unpaired) electrons. The van der Waals surface area contributed by atoms with E-state index in [-0.39, 0.29) is 30.6 Å². The number of nitrogens with one attached hydrogen (secondary N) is 2. The summed E-state index contributed by atoms with van der Waals surface area (Å²) in [6, 6.07) is 42.7. The molecule has 3 atom stereocenters. The van der Waals surface area contributed by atoms with Gasteiger partial charge >= 0.3 is 0 Å². The van der Waals surface area contributed by atoms with Gasteiger partial charge in [-0.15, -0.1) is 0 Å². The molecule has 60 heavy (non-hydrogen) atoms. The van der Waals surface area contributed by atoms with Gasteiger partial charge in [0.2, 0.25) is 11.8 Å². The van der Waals surface area contributed by atoms with Crippen LogP contribution in [0.2, 0.25) is 0 Å². The molecule has 314 valence electrons. The van der Waals surface area contributed by atoms with Crippen molar-refractivity contribution in [2.45, 2.75) is 83.1 Å². The van der Waals surface area contributed by atoms with Gasteiger partial charge in [-0.05, 0) is 70.5 Å². The summed E-state index contributed by atoms with van der Waals surface area (Å²) >= 11 is 0. The van der Waals surface area contributed by atoms with E-state index < -0.39 is 6.29 Å². The molecule has 2 aliphatic rings. The van der Waals surface area contributed by atoms with Gasteiger partial charge in [-0.3, -0.25) is 19.4 Å². The van der Waals surface area contributed by atoms with Crippen molar-refractivity contribution in [3.05, 3.63) is 155 Å². The Kier molecular flexibility index (Phi) is 15.5. The van der Waals surface area contributed by atoms with Crippen molar-refractivity contribution < 1.29 is 24.2 Å². The molecule has 2 amide bonds. The Labute approximate surface area is 354 Å². The number of amides is 2. The minimum atomic E-state index is -0.543. The molecular weight excluding hydrogens is 751 g/mol. The van der Waals surface area contributed by atoms with E-state index in [2.05, 4.69) is 99.3 Å². The summed E-state index contributed by atoms with van der Waals surface area (Å²) in [6.45, 7) is 6.30. The van der Waals surface area contributed by atoms with Gasteiger partial charge in [0.15, 0.2) is 6.29 Å². The number of rotatable bonds is 18. The molecule has 2 fully saturated rings. The molecule has 3 unspecified atom stereocenters. The fourth-order valence-electron chi connectivity index (χ4n) is 8.06. The predicted octanol–water partition coefficient (Wildman–Crippen LogP) is 8.39. The number of nitrogens with zero attached hydrogens (tertiary/aromatic N) is 2. The number of hydrogen-bond donors (Lipinski definition) is 4. The fraction of sp³-hybridized carbons (Fsp3) is 0.360. The molecule has 0 spiro atoms. The van der Waals surface area contributed by atoms with Crippen molar-refractivity contribution in [3.8, 4) is 11.1 Å². The number of benzene rings is 5. The van der Waals surface area contributed by atoms with Crippen molar-refractivity contribution in [1.29, 1.82) is 0 Å². The highest BCUT2D eigenvalue weighted by Gasteiger charge is 2.34. The van der Waals surface area contributed by atoms with Crippen LogP contribution >= 0.6 is 0 Å². The number of ether oxygens (including phenoxy) is 2. The fourth-order valence-corrected chi connectivity index (χ4v) is 8.06. The first-order chi connectivity index (χ1) is 29.4. The van der Waals surface area contributed by atoms with Crippen LogP contribution in [0.25, 0.3) is 11.1 Å². The average Bonchev–Trinajstić information content (AvgIpc) is 3.28. The summed E-state index contributed by atoms with van der Waals surface area (Å²) < 4.78 is 13.5. The van der Waals surface area contributed by atoms with E-state index in [0.29, 0.717) is 30.8 Å². The first-order valence-electron chi connectivity index (χ1n) is 21.5. The second kappa shape index (κ2) is 21.8. The van der Waals surface area contributed by atoms with Gasteiger partial charge in [0.05, 0.1) is 30.2 Å². The van der Waals surface area contributed by atoms with E-state index in [0.717, 1.165) is 105 Å². The second-order valence-electron chi connectivity index (χ2n) is 16.1. The molecule has 5 aromatic rings. The lowest BCUT2D eigenvalue weighted by atomic mass is 9.98. The third kappa shape index (κ3) is 12.6. The molecule has 5 aromatic carbocycles. The molecule has 0 saturated carbocycles. The summed E-state index contributed by atoms with van der Waals surface area (Å²) in [7, 11) is 0. The maximum absolute atomic E-state index is 12.7. The monoisotopic (exact) mass is 809 g/mol. The SMILES string of the molecule is Nc1ccccc1NC(=O)CCCCCCC(=O)NCc1cccc(-c2cccc(C3OC(CN4CCN(Cc5ccccc5)CC4)CC(c4ccc(CO)cc4)O3)c2)c1. The third-order valence-corrected chi connectivity index (χ3v) is 11.5. The van der Waals surface area contributed by atoms with Gasteiger partial charge < -0.3 is 30.9 Å². The number of aliphatic hydroxyl groups excluding tert-OH is 1. The Balaban J connectivity index is 0.909. The number of piperazine rings is 1. The zero-order valence-electron chi connectivity index (χ0n) is 34.5. The highest BCUT2D eigenvalue weighted by molar-refractivity contribution is 5.93. The zero-order valence-corrected chi connectivity index (χ0v) is 34.5. The minimum absolute atomic E-state index is 0.00767. The molecular formula is C50H59N5O5. The van der Waals surface area contributed by atoms with Gasteiger partial charge in [0.1, 0.15) is 0 Å². The summed E-state index contributed by atoms with van der Waals surface area (Å²) in [5, 5.41) is 15.6. The molecule has 0 aliphatic carbocycles. The van der Waals surface area contributed by atoms with Crippen molar-refractivity contribution in [2.75, 3.05) is 43.8 Å². The summed E-state index contributed by atoms with van der Waals surface area (Å²) in [6.07, 6.45) is 4.23. The van der Waals surface area contributed by atoms with Crippen LogP contribution in [-0.4, -0.2) is 65.5 Å². The van der Waals surface area contributed by atoms with Gasteiger partial charge in [0, 0.05) is 70.6 Å². The average molecular weight is 810 g/mol. The first kappa shape index (κ1) is 42.8. The zero-order chi connectivity index (χ0) is 41.5. The van der Waals surface area contributed by atoms with Crippen LogP contribution in [0, 0.1) is 0 Å². The number of carbonyl (C=O) groups is 2. The summed E-state index contributed by atoms with van der Waals surface area (Å²) in [4.78, 5) is 30.1. The number of para-hydroxylation sites is 2. The van der Waals surface area contributed by atoms with E-state index in [1.54, 1.807) is 12.1 Å². The van der Waals surface area contributed by atoms with E-state index >= 15 is 0 Å². The number of anilines is 2.